The van der Waals surface area contributed by atoms with Gasteiger partial charge >= 0.3 is 0 Å². The Morgan fingerprint density at radius 3 is 2.14 bits per heavy atom. The van der Waals surface area contributed by atoms with Crippen LogP contribution < -0.4 is 0 Å². The van der Waals surface area contributed by atoms with E-state index in [2.05, 4.69) is 78.4 Å². The van der Waals surface area contributed by atoms with E-state index in [0.29, 0.717) is 0 Å². The Hall–Kier alpha value is -2.35. The van der Waals surface area contributed by atoms with Crippen LogP contribution in [0.2, 0.25) is 0 Å². The van der Waals surface area contributed by atoms with Crippen molar-refractivity contribution in [3.05, 3.63) is 78.1 Å². The van der Waals surface area contributed by atoms with Gasteiger partial charge in [-0.1, -0.05) is 99.7 Å². The van der Waals surface area contributed by atoms with Crippen molar-refractivity contribution >= 4 is 0 Å². The first-order valence-corrected chi connectivity index (χ1v) is 11.0. The van der Waals surface area contributed by atoms with Gasteiger partial charge in [0.2, 0.25) is 0 Å². The van der Waals surface area contributed by atoms with Gasteiger partial charge in [-0.05, 0) is 31.2 Å². The lowest BCUT2D eigenvalue weighted by atomic mass is 10.1. The Morgan fingerprint density at radius 1 is 0.714 bits per heavy atom. The first-order valence-electron chi connectivity index (χ1n) is 11.0. The summed E-state index contributed by atoms with van der Waals surface area (Å²) in [6.07, 6.45) is 13.6. The molecule has 0 fully saturated rings. The number of hydrogen-bond acceptors (Lipinski definition) is 1. The molecule has 1 heterocycles. The third-order valence-electron chi connectivity index (χ3n) is 5.35. The molecular weight excluding hydrogens is 340 g/mol. The van der Waals surface area contributed by atoms with Gasteiger partial charge in [0.05, 0.1) is 5.69 Å². The smallest absolute Gasteiger partial charge is 0.140 e. The van der Waals surface area contributed by atoms with Crippen LogP contribution in [-0.2, 0) is 19.4 Å². The van der Waals surface area contributed by atoms with Crippen molar-refractivity contribution in [3.63, 3.8) is 0 Å². The molecule has 0 saturated heterocycles. The minimum Gasteiger partial charge on any atom is -0.331 e. The van der Waals surface area contributed by atoms with E-state index in [4.69, 9.17) is 4.98 Å². The second-order valence-electron chi connectivity index (χ2n) is 7.72. The van der Waals surface area contributed by atoms with Crippen molar-refractivity contribution in [2.75, 3.05) is 0 Å². The van der Waals surface area contributed by atoms with Crippen molar-refractivity contribution in [3.8, 4) is 11.4 Å². The van der Waals surface area contributed by atoms with Crippen LogP contribution in [0.15, 0.2) is 66.9 Å². The summed E-state index contributed by atoms with van der Waals surface area (Å²) in [7, 11) is 0. The zero-order chi connectivity index (χ0) is 19.4. The number of hydrogen-bond donors (Lipinski definition) is 0. The van der Waals surface area contributed by atoms with Crippen LogP contribution in [0.5, 0.6) is 0 Å². The number of unbranched alkanes of at least 4 members (excludes halogenated alkanes) is 5. The zero-order valence-corrected chi connectivity index (χ0v) is 17.3. The lowest BCUT2D eigenvalue weighted by Crippen LogP contribution is -1.99. The Bertz CT molecular complexity index is 790. The molecule has 28 heavy (non-hydrogen) atoms. The van der Waals surface area contributed by atoms with E-state index in [9.17, 15) is 0 Å². The molecule has 0 atom stereocenters. The molecule has 0 saturated carbocycles. The third-order valence-corrected chi connectivity index (χ3v) is 5.35. The van der Waals surface area contributed by atoms with Gasteiger partial charge in [-0.25, -0.2) is 4.98 Å². The second-order valence-corrected chi connectivity index (χ2v) is 7.72. The summed E-state index contributed by atoms with van der Waals surface area (Å²) in [6.45, 7) is 3.35. The van der Waals surface area contributed by atoms with E-state index in [1.54, 1.807) is 0 Å². The molecule has 0 aliphatic carbocycles. The molecule has 0 aliphatic heterocycles. The lowest BCUT2D eigenvalue weighted by Gasteiger charge is -2.07. The fourth-order valence-electron chi connectivity index (χ4n) is 3.76. The fraction of sp³-hybridized carbons (Fsp3) is 0.423. The van der Waals surface area contributed by atoms with Gasteiger partial charge < -0.3 is 4.57 Å². The number of rotatable bonds is 12. The number of imidazole rings is 1. The predicted molar refractivity (Wildman–Crippen MR) is 120 cm³/mol. The van der Waals surface area contributed by atoms with Gasteiger partial charge in [-0.2, -0.15) is 0 Å². The maximum atomic E-state index is 5.00. The third kappa shape index (κ3) is 6.37. The Morgan fingerprint density at radius 2 is 1.39 bits per heavy atom. The van der Waals surface area contributed by atoms with Crippen LogP contribution >= 0.6 is 0 Å². The SMILES string of the molecule is CCCCCCCCn1cc(CCCc2ccccc2)nc1-c1ccccc1. The molecular formula is C26H34N2. The first-order chi connectivity index (χ1) is 13.9. The molecule has 0 unspecified atom stereocenters. The van der Waals surface area contributed by atoms with Gasteiger partial charge in [0.15, 0.2) is 0 Å². The molecule has 0 N–H and O–H groups in total. The Kier molecular flexibility index (Phi) is 8.36. The van der Waals surface area contributed by atoms with Crippen molar-refractivity contribution in [2.45, 2.75) is 71.3 Å². The van der Waals surface area contributed by atoms with Gasteiger partial charge in [0.1, 0.15) is 5.82 Å². The van der Waals surface area contributed by atoms with Gasteiger partial charge in [0.25, 0.3) is 0 Å². The minimum atomic E-state index is 1.04. The molecule has 2 aromatic carbocycles. The van der Waals surface area contributed by atoms with Crippen LogP contribution in [0.4, 0.5) is 0 Å². The van der Waals surface area contributed by atoms with Gasteiger partial charge in [-0.3, -0.25) is 0 Å². The van der Waals surface area contributed by atoms with Crippen molar-refractivity contribution in [1.82, 2.24) is 9.55 Å². The maximum Gasteiger partial charge on any atom is 0.140 e. The summed E-state index contributed by atoms with van der Waals surface area (Å²) in [5.41, 5.74) is 3.86. The average Bonchev–Trinajstić information content (AvgIpc) is 3.15. The Labute approximate surface area is 170 Å². The van der Waals surface area contributed by atoms with E-state index >= 15 is 0 Å². The van der Waals surface area contributed by atoms with E-state index in [-0.39, 0.29) is 0 Å². The highest BCUT2D eigenvalue weighted by Gasteiger charge is 2.10. The Balaban J connectivity index is 1.60. The fourth-order valence-corrected chi connectivity index (χ4v) is 3.76. The van der Waals surface area contributed by atoms with Crippen LogP contribution in [0.1, 0.15) is 63.1 Å². The largest absolute Gasteiger partial charge is 0.331 e. The van der Waals surface area contributed by atoms with Crippen LogP contribution in [0.3, 0.4) is 0 Å². The van der Waals surface area contributed by atoms with Crippen LogP contribution in [0, 0.1) is 0 Å². The summed E-state index contributed by atoms with van der Waals surface area (Å²) in [5.74, 6) is 1.13. The molecule has 0 radical (unpaired) electrons. The quantitative estimate of drug-likeness (QED) is 0.310. The average molecular weight is 375 g/mol. The molecule has 2 nitrogen and oxygen atoms in total. The molecule has 3 aromatic rings. The molecule has 148 valence electrons. The molecule has 0 bridgehead atoms. The van der Waals surface area contributed by atoms with E-state index in [1.807, 2.05) is 0 Å². The first kappa shape index (κ1) is 20.4. The predicted octanol–water partition coefficient (Wildman–Crippen LogP) is 7.09. The zero-order valence-electron chi connectivity index (χ0n) is 17.3. The standard InChI is InChI=1S/C26H34N2/c1-2-3-4-5-6-13-21-28-22-25(20-14-17-23-15-9-7-10-16-23)27-26(28)24-18-11-8-12-19-24/h7-12,15-16,18-19,22H,2-6,13-14,17,20-21H2,1H3. The second kappa shape index (κ2) is 11.5. The van der Waals surface area contributed by atoms with Gasteiger partial charge in [-0.15, -0.1) is 0 Å². The number of nitrogens with zero attached hydrogens (tertiary/aromatic N) is 2. The van der Waals surface area contributed by atoms with Gasteiger partial charge in [0, 0.05) is 18.3 Å². The summed E-state index contributed by atoms with van der Waals surface area (Å²) < 4.78 is 2.38. The summed E-state index contributed by atoms with van der Waals surface area (Å²) in [6, 6.07) is 21.4. The molecule has 2 heteroatoms. The van der Waals surface area contributed by atoms with E-state index < -0.39 is 0 Å². The minimum absolute atomic E-state index is 1.04. The van der Waals surface area contributed by atoms with E-state index in [1.165, 1.54) is 55.3 Å². The normalized spacial score (nSPS) is 11.0. The summed E-state index contributed by atoms with van der Waals surface area (Å²) in [4.78, 5) is 5.00. The highest BCUT2D eigenvalue weighted by atomic mass is 15.1. The summed E-state index contributed by atoms with van der Waals surface area (Å²) >= 11 is 0. The summed E-state index contributed by atoms with van der Waals surface area (Å²) in [5, 5.41) is 0. The highest BCUT2D eigenvalue weighted by molar-refractivity contribution is 5.55. The van der Waals surface area contributed by atoms with Crippen molar-refractivity contribution < 1.29 is 0 Å². The molecule has 0 spiro atoms. The van der Waals surface area contributed by atoms with Crippen LogP contribution in [-0.4, -0.2) is 9.55 Å². The molecule has 3 rings (SSSR count). The topological polar surface area (TPSA) is 17.8 Å². The highest BCUT2D eigenvalue weighted by Crippen LogP contribution is 2.21. The van der Waals surface area contributed by atoms with E-state index in [0.717, 1.165) is 31.6 Å². The van der Waals surface area contributed by atoms with Crippen LogP contribution in [0.25, 0.3) is 11.4 Å². The molecule has 0 aliphatic rings. The van der Waals surface area contributed by atoms with Crippen molar-refractivity contribution in [2.24, 2.45) is 0 Å². The number of aromatic nitrogens is 2. The number of aryl methyl sites for hydroxylation is 3. The molecule has 0 amide bonds. The lowest BCUT2D eigenvalue weighted by molar-refractivity contribution is 0.560. The number of benzene rings is 2. The monoisotopic (exact) mass is 374 g/mol. The molecule has 1 aromatic heterocycles. The van der Waals surface area contributed by atoms with Crippen molar-refractivity contribution in [1.29, 1.82) is 0 Å². The maximum absolute atomic E-state index is 5.00.